The summed E-state index contributed by atoms with van der Waals surface area (Å²) in [7, 11) is 0. The number of nitrogens with zero attached hydrogens (tertiary/aromatic N) is 2. The van der Waals surface area contributed by atoms with Crippen molar-refractivity contribution in [1.82, 2.24) is 20.4 Å². The highest BCUT2D eigenvalue weighted by atomic mass is 32.1. The third-order valence-corrected chi connectivity index (χ3v) is 5.13. The Bertz CT molecular complexity index is 616. The van der Waals surface area contributed by atoms with Gasteiger partial charge in [0, 0.05) is 13.1 Å². The SMILES string of the molecule is CC(CNC(=O)c1cc(-c2cccs2)[nH]n1)CN1CCCCC1. The summed E-state index contributed by atoms with van der Waals surface area (Å²) in [6, 6.07) is 5.82. The first-order valence-corrected chi connectivity index (χ1v) is 9.20. The van der Waals surface area contributed by atoms with Crippen LogP contribution in [-0.4, -0.2) is 47.2 Å². The van der Waals surface area contributed by atoms with Crippen LogP contribution in [0.25, 0.3) is 10.6 Å². The van der Waals surface area contributed by atoms with E-state index in [4.69, 9.17) is 0 Å². The molecule has 3 rings (SSSR count). The lowest BCUT2D eigenvalue weighted by molar-refractivity contribution is 0.0937. The predicted octanol–water partition coefficient (Wildman–Crippen LogP) is 2.99. The van der Waals surface area contributed by atoms with Gasteiger partial charge in [-0.05, 0) is 49.4 Å². The third kappa shape index (κ3) is 4.42. The number of amides is 1. The Morgan fingerprint density at radius 2 is 2.26 bits per heavy atom. The van der Waals surface area contributed by atoms with Crippen LogP contribution in [-0.2, 0) is 0 Å². The molecule has 1 amide bonds. The van der Waals surface area contributed by atoms with Crippen LogP contribution >= 0.6 is 11.3 Å². The van der Waals surface area contributed by atoms with E-state index >= 15 is 0 Å². The highest BCUT2D eigenvalue weighted by Gasteiger charge is 2.16. The molecule has 1 atom stereocenters. The number of carbonyl (C=O) groups is 1. The van der Waals surface area contributed by atoms with Gasteiger partial charge in [-0.2, -0.15) is 5.10 Å². The van der Waals surface area contributed by atoms with Crippen molar-refractivity contribution in [2.24, 2.45) is 5.92 Å². The van der Waals surface area contributed by atoms with E-state index in [0.717, 1.165) is 17.1 Å². The first-order valence-electron chi connectivity index (χ1n) is 8.32. The Kier molecular flexibility index (Phi) is 5.46. The van der Waals surface area contributed by atoms with Gasteiger partial charge in [-0.1, -0.05) is 19.4 Å². The Hall–Kier alpha value is -1.66. The average molecular weight is 332 g/mol. The molecular formula is C17H24N4OS. The van der Waals surface area contributed by atoms with Gasteiger partial charge in [0.1, 0.15) is 0 Å². The number of likely N-dealkylation sites (tertiary alicyclic amines) is 1. The largest absolute Gasteiger partial charge is 0.350 e. The van der Waals surface area contributed by atoms with Gasteiger partial charge in [-0.3, -0.25) is 9.89 Å². The molecule has 2 aromatic rings. The maximum Gasteiger partial charge on any atom is 0.271 e. The minimum absolute atomic E-state index is 0.102. The normalized spacial score (nSPS) is 17.1. The summed E-state index contributed by atoms with van der Waals surface area (Å²) in [4.78, 5) is 15.8. The number of nitrogens with one attached hydrogen (secondary N) is 2. The molecule has 0 saturated carbocycles. The van der Waals surface area contributed by atoms with Crippen molar-refractivity contribution in [3.05, 3.63) is 29.3 Å². The summed E-state index contributed by atoms with van der Waals surface area (Å²) < 4.78 is 0. The number of hydrogen-bond acceptors (Lipinski definition) is 4. The summed E-state index contributed by atoms with van der Waals surface area (Å²) in [6.07, 6.45) is 3.96. The predicted molar refractivity (Wildman–Crippen MR) is 93.7 cm³/mol. The van der Waals surface area contributed by atoms with Crippen molar-refractivity contribution in [3.63, 3.8) is 0 Å². The molecule has 0 spiro atoms. The Balaban J connectivity index is 1.47. The second kappa shape index (κ2) is 7.75. The van der Waals surface area contributed by atoms with Gasteiger partial charge >= 0.3 is 0 Å². The number of aromatic amines is 1. The molecule has 0 aromatic carbocycles. The molecule has 1 aliphatic heterocycles. The Morgan fingerprint density at radius 1 is 1.43 bits per heavy atom. The minimum atomic E-state index is -0.102. The molecule has 2 aromatic heterocycles. The molecule has 6 heteroatoms. The number of hydrogen-bond donors (Lipinski definition) is 2. The Morgan fingerprint density at radius 3 is 3.00 bits per heavy atom. The zero-order chi connectivity index (χ0) is 16.1. The first kappa shape index (κ1) is 16.2. The lowest BCUT2D eigenvalue weighted by Crippen LogP contribution is -2.38. The van der Waals surface area contributed by atoms with Gasteiger partial charge in [0.15, 0.2) is 5.69 Å². The molecular weight excluding hydrogens is 308 g/mol. The fourth-order valence-electron chi connectivity index (χ4n) is 3.00. The number of aromatic nitrogens is 2. The summed E-state index contributed by atoms with van der Waals surface area (Å²) in [5, 5.41) is 12.1. The molecule has 0 bridgehead atoms. The number of H-pyrrole nitrogens is 1. The fourth-order valence-corrected chi connectivity index (χ4v) is 3.69. The number of rotatable bonds is 6. The van der Waals surface area contributed by atoms with Crippen LogP contribution in [0.5, 0.6) is 0 Å². The summed E-state index contributed by atoms with van der Waals surface area (Å²) in [6.45, 7) is 6.33. The number of thiophene rings is 1. The first-order chi connectivity index (χ1) is 11.2. The smallest absolute Gasteiger partial charge is 0.271 e. The second-order valence-electron chi connectivity index (χ2n) is 6.32. The van der Waals surface area contributed by atoms with Gasteiger partial charge in [-0.25, -0.2) is 0 Å². The monoisotopic (exact) mass is 332 g/mol. The van der Waals surface area contributed by atoms with Crippen molar-refractivity contribution in [3.8, 4) is 10.6 Å². The van der Waals surface area contributed by atoms with E-state index < -0.39 is 0 Å². The van der Waals surface area contributed by atoms with E-state index in [1.165, 1.54) is 32.4 Å². The molecule has 0 aliphatic carbocycles. The van der Waals surface area contributed by atoms with Gasteiger partial charge < -0.3 is 10.2 Å². The molecule has 5 nitrogen and oxygen atoms in total. The molecule has 1 saturated heterocycles. The second-order valence-corrected chi connectivity index (χ2v) is 7.27. The molecule has 1 unspecified atom stereocenters. The summed E-state index contributed by atoms with van der Waals surface area (Å²) in [5.41, 5.74) is 1.35. The van der Waals surface area contributed by atoms with Crippen LogP contribution in [0.4, 0.5) is 0 Å². The molecule has 0 radical (unpaired) electrons. The van der Waals surface area contributed by atoms with Crippen LogP contribution in [0.1, 0.15) is 36.7 Å². The van der Waals surface area contributed by atoms with Crippen LogP contribution < -0.4 is 5.32 Å². The van der Waals surface area contributed by atoms with Gasteiger partial charge in [0.05, 0.1) is 10.6 Å². The highest BCUT2D eigenvalue weighted by Crippen LogP contribution is 2.22. The van der Waals surface area contributed by atoms with E-state index in [9.17, 15) is 4.79 Å². The molecule has 2 N–H and O–H groups in total. The topological polar surface area (TPSA) is 61.0 Å². The van der Waals surface area contributed by atoms with Crippen molar-refractivity contribution < 1.29 is 4.79 Å². The molecule has 23 heavy (non-hydrogen) atoms. The number of piperidine rings is 1. The zero-order valence-electron chi connectivity index (χ0n) is 13.5. The quantitative estimate of drug-likeness (QED) is 0.855. The van der Waals surface area contributed by atoms with Crippen LogP contribution in [0, 0.1) is 5.92 Å². The van der Waals surface area contributed by atoms with Gasteiger partial charge in [0.25, 0.3) is 5.91 Å². The van der Waals surface area contributed by atoms with Gasteiger partial charge in [-0.15, -0.1) is 11.3 Å². The van der Waals surface area contributed by atoms with Crippen molar-refractivity contribution in [2.75, 3.05) is 26.2 Å². The van der Waals surface area contributed by atoms with Crippen molar-refractivity contribution in [2.45, 2.75) is 26.2 Å². The maximum atomic E-state index is 12.2. The fraction of sp³-hybridized carbons (Fsp3) is 0.529. The molecule has 1 fully saturated rings. The van der Waals surface area contributed by atoms with Crippen LogP contribution in [0.2, 0.25) is 0 Å². The van der Waals surface area contributed by atoms with E-state index in [1.54, 1.807) is 11.3 Å². The van der Waals surface area contributed by atoms with Gasteiger partial charge in [0.2, 0.25) is 0 Å². The minimum Gasteiger partial charge on any atom is -0.350 e. The van der Waals surface area contributed by atoms with Crippen LogP contribution in [0.15, 0.2) is 23.6 Å². The van der Waals surface area contributed by atoms with E-state index in [1.807, 2.05) is 23.6 Å². The average Bonchev–Trinajstić information content (AvgIpc) is 3.24. The molecule has 1 aliphatic rings. The summed E-state index contributed by atoms with van der Waals surface area (Å²) in [5.74, 6) is 0.349. The summed E-state index contributed by atoms with van der Waals surface area (Å²) >= 11 is 1.63. The molecule has 3 heterocycles. The van der Waals surface area contributed by atoms with E-state index in [2.05, 4.69) is 27.3 Å². The lowest BCUT2D eigenvalue weighted by atomic mass is 10.1. The zero-order valence-corrected chi connectivity index (χ0v) is 14.4. The van der Waals surface area contributed by atoms with E-state index in [0.29, 0.717) is 18.2 Å². The van der Waals surface area contributed by atoms with Crippen LogP contribution in [0.3, 0.4) is 0 Å². The lowest BCUT2D eigenvalue weighted by Gasteiger charge is -2.29. The van der Waals surface area contributed by atoms with E-state index in [-0.39, 0.29) is 5.91 Å². The van der Waals surface area contributed by atoms with Crippen molar-refractivity contribution >= 4 is 17.2 Å². The Labute approximate surface area is 141 Å². The highest BCUT2D eigenvalue weighted by molar-refractivity contribution is 7.13. The number of carbonyl (C=O) groups excluding carboxylic acids is 1. The maximum absolute atomic E-state index is 12.2. The molecule has 124 valence electrons. The third-order valence-electron chi connectivity index (χ3n) is 4.23. The standard InChI is InChI=1S/C17H24N4OS/c1-13(12-21-7-3-2-4-8-21)11-18-17(22)15-10-14(19-20-15)16-6-5-9-23-16/h5-6,9-10,13H,2-4,7-8,11-12H2,1H3,(H,18,22)(H,19,20). The van der Waals surface area contributed by atoms with Crippen molar-refractivity contribution in [1.29, 1.82) is 0 Å².